The largest absolute Gasteiger partial charge is 0.468 e. The zero-order chi connectivity index (χ0) is 16.0. The number of nitrogens with one attached hydrogen (secondary N) is 1. The van der Waals surface area contributed by atoms with Gasteiger partial charge in [0.25, 0.3) is 0 Å². The molecule has 3 nitrogen and oxygen atoms in total. The summed E-state index contributed by atoms with van der Waals surface area (Å²) in [5, 5.41) is 3.51. The first kappa shape index (κ1) is 18.2. The van der Waals surface area contributed by atoms with Crippen LogP contribution in [0.3, 0.4) is 0 Å². The number of nitrogens with zero attached hydrogens (tertiary/aromatic N) is 1. The second-order valence-corrected chi connectivity index (χ2v) is 7.95. The molecule has 1 N–H and O–H groups in total. The lowest BCUT2D eigenvalue weighted by Gasteiger charge is -2.26. The van der Waals surface area contributed by atoms with Crippen LogP contribution >= 0.6 is 0 Å². The Morgan fingerprint density at radius 1 is 1.10 bits per heavy atom. The Kier molecular flexibility index (Phi) is 6.95. The van der Waals surface area contributed by atoms with Crippen molar-refractivity contribution in [3.63, 3.8) is 0 Å². The molecule has 0 fully saturated rings. The fourth-order valence-electron chi connectivity index (χ4n) is 2.49. The number of hydrogen-bond donors (Lipinski definition) is 1. The van der Waals surface area contributed by atoms with Crippen LogP contribution < -0.4 is 5.32 Å². The van der Waals surface area contributed by atoms with Crippen LogP contribution in [0, 0.1) is 11.8 Å². The summed E-state index contributed by atoms with van der Waals surface area (Å²) in [5.41, 5.74) is 1.42. The van der Waals surface area contributed by atoms with E-state index in [0.29, 0.717) is 11.8 Å². The van der Waals surface area contributed by atoms with Gasteiger partial charge >= 0.3 is 0 Å². The van der Waals surface area contributed by atoms with Gasteiger partial charge in [0, 0.05) is 30.7 Å². The third-order valence-corrected chi connectivity index (χ3v) is 3.26. The molecule has 0 unspecified atom stereocenters. The van der Waals surface area contributed by atoms with Crippen LogP contribution in [0.2, 0.25) is 0 Å². The Hall–Kier alpha value is -0.800. The van der Waals surface area contributed by atoms with Gasteiger partial charge in [0.15, 0.2) is 0 Å². The average Bonchev–Trinajstić information content (AvgIpc) is 2.70. The van der Waals surface area contributed by atoms with E-state index in [1.165, 1.54) is 5.56 Å². The molecule has 1 aromatic heterocycles. The highest BCUT2D eigenvalue weighted by Gasteiger charge is 2.16. The molecule has 0 saturated heterocycles. The maximum Gasteiger partial charge on any atom is 0.122 e. The summed E-state index contributed by atoms with van der Waals surface area (Å²) < 4.78 is 5.68. The second kappa shape index (κ2) is 8.00. The highest BCUT2D eigenvalue weighted by Crippen LogP contribution is 2.16. The molecular formula is C18H34N2O. The van der Waals surface area contributed by atoms with Gasteiger partial charge in [-0.15, -0.1) is 0 Å². The van der Waals surface area contributed by atoms with Gasteiger partial charge in [-0.05, 0) is 38.7 Å². The lowest BCUT2D eigenvalue weighted by atomic mass is 10.1. The Morgan fingerprint density at radius 3 is 2.14 bits per heavy atom. The van der Waals surface area contributed by atoms with Crippen molar-refractivity contribution in [2.45, 2.75) is 67.1 Å². The minimum absolute atomic E-state index is 0.111. The van der Waals surface area contributed by atoms with Gasteiger partial charge in [-0.3, -0.25) is 4.90 Å². The highest BCUT2D eigenvalue weighted by molar-refractivity contribution is 5.17. The number of rotatable bonds is 8. The summed E-state index contributed by atoms with van der Waals surface area (Å²) in [6.45, 7) is 19.7. The summed E-state index contributed by atoms with van der Waals surface area (Å²) >= 11 is 0. The lowest BCUT2D eigenvalue weighted by molar-refractivity contribution is 0.209. The molecule has 0 bridgehead atoms. The maximum atomic E-state index is 5.68. The van der Waals surface area contributed by atoms with E-state index in [1.807, 2.05) is 6.26 Å². The van der Waals surface area contributed by atoms with Gasteiger partial charge in [-0.2, -0.15) is 0 Å². The third-order valence-electron chi connectivity index (χ3n) is 3.26. The molecule has 0 atom stereocenters. The molecule has 1 rings (SSSR count). The third kappa shape index (κ3) is 7.68. The Labute approximate surface area is 131 Å². The molecule has 0 saturated carbocycles. The van der Waals surface area contributed by atoms with E-state index in [1.54, 1.807) is 0 Å². The first-order chi connectivity index (χ1) is 9.67. The number of furan rings is 1. The van der Waals surface area contributed by atoms with Crippen molar-refractivity contribution in [2.75, 3.05) is 13.1 Å². The van der Waals surface area contributed by atoms with Gasteiger partial charge in [0.05, 0.1) is 12.8 Å². The van der Waals surface area contributed by atoms with Crippen LogP contribution in [0.15, 0.2) is 16.7 Å². The van der Waals surface area contributed by atoms with Gasteiger partial charge in [0.2, 0.25) is 0 Å². The monoisotopic (exact) mass is 294 g/mol. The second-order valence-electron chi connectivity index (χ2n) is 7.95. The Balaban J connectivity index is 2.68. The fourth-order valence-corrected chi connectivity index (χ4v) is 2.49. The van der Waals surface area contributed by atoms with Crippen LogP contribution in [0.1, 0.15) is 59.8 Å². The van der Waals surface area contributed by atoms with Crippen LogP contribution in [-0.4, -0.2) is 23.5 Å². The Morgan fingerprint density at radius 2 is 1.67 bits per heavy atom. The Bertz CT molecular complexity index is 392. The normalized spacial score (nSPS) is 12.9. The first-order valence-electron chi connectivity index (χ1n) is 8.20. The minimum atomic E-state index is 0.111. The smallest absolute Gasteiger partial charge is 0.122 e. The van der Waals surface area contributed by atoms with Crippen LogP contribution in [0.25, 0.3) is 0 Å². The molecular weight excluding hydrogens is 260 g/mol. The first-order valence-corrected chi connectivity index (χ1v) is 8.20. The van der Waals surface area contributed by atoms with Gasteiger partial charge in [0.1, 0.15) is 5.76 Å². The zero-order valence-corrected chi connectivity index (χ0v) is 15.0. The average molecular weight is 294 g/mol. The fraction of sp³-hybridized carbons (Fsp3) is 0.778. The zero-order valence-electron chi connectivity index (χ0n) is 15.0. The lowest BCUT2D eigenvalue weighted by Crippen LogP contribution is -2.35. The quantitative estimate of drug-likeness (QED) is 0.775. The van der Waals surface area contributed by atoms with Crippen molar-refractivity contribution in [1.29, 1.82) is 0 Å². The number of hydrogen-bond acceptors (Lipinski definition) is 3. The van der Waals surface area contributed by atoms with E-state index in [9.17, 15) is 0 Å². The summed E-state index contributed by atoms with van der Waals surface area (Å²) in [6.07, 6.45) is 1.82. The van der Waals surface area contributed by atoms with Crippen molar-refractivity contribution in [2.24, 2.45) is 11.8 Å². The standard InChI is InChI=1S/C18H34N2O/c1-14(2)11-20(12-15(3)4)13-16-8-9-21-17(16)10-19-18(5,6)7/h8-9,14-15,19H,10-13H2,1-7H3. The molecule has 0 aliphatic rings. The summed E-state index contributed by atoms with van der Waals surface area (Å²) in [6, 6.07) is 2.12. The van der Waals surface area contributed by atoms with Crippen molar-refractivity contribution < 1.29 is 4.42 Å². The maximum absolute atomic E-state index is 5.68. The van der Waals surface area contributed by atoms with Crippen LogP contribution in [0.4, 0.5) is 0 Å². The van der Waals surface area contributed by atoms with E-state index in [-0.39, 0.29) is 5.54 Å². The van der Waals surface area contributed by atoms with Crippen LogP contribution in [-0.2, 0) is 13.1 Å². The summed E-state index contributed by atoms with van der Waals surface area (Å²) in [5.74, 6) is 2.45. The minimum Gasteiger partial charge on any atom is -0.468 e. The van der Waals surface area contributed by atoms with Gasteiger partial charge < -0.3 is 9.73 Å². The summed E-state index contributed by atoms with van der Waals surface area (Å²) in [4.78, 5) is 2.54. The van der Waals surface area contributed by atoms with E-state index < -0.39 is 0 Å². The highest BCUT2D eigenvalue weighted by atomic mass is 16.3. The van der Waals surface area contributed by atoms with Crippen molar-refractivity contribution in [3.8, 4) is 0 Å². The molecule has 0 spiro atoms. The van der Waals surface area contributed by atoms with Gasteiger partial charge in [-0.25, -0.2) is 0 Å². The molecule has 21 heavy (non-hydrogen) atoms. The molecule has 0 aliphatic heterocycles. The van der Waals surface area contributed by atoms with Crippen molar-refractivity contribution in [3.05, 3.63) is 23.7 Å². The van der Waals surface area contributed by atoms with E-state index >= 15 is 0 Å². The van der Waals surface area contributed by atoms with E-state index in [4.69, 9.17) is 4.42 Å². The van der Waals surface area contributed by atoms with Crippen molar-refractivity contribution in [1.82, 2.24) is 10.2 Å². The molecule has 122 valence electrons. The molecule has 1 aromatic rings. The van der Waals surface area contributed by atoms with Gasteiger partial charge in [-0.1, -0.05) is 27.7 Å². The molecule has 1 heterocycles. The van der Waals surface area contributed by atoms with Crippen LogP contribution in [0.5, 0.6) is 0 Å². The molecule has 0 radical (unpaired) electrons. The molecule has 0 aliphatic carbocycles. The summed E-state index contributed by atoms with van der Waals surface area (Å²) in [7, 11) is 0. The predicted molar refractivity (Wildman–Crippen MR) is 90.3 cm³/mol. The SMILES string of the molecule is CC(C)CN(Cc1ccoc1CNC(C)(C)C)CC(C)C. The topological polar surface area (TPSA) is 28.4 Å². The molecule has 0 amide bonds. The predicted octanol–water partition coefficient (Wildman–Crippen LogP) is 4.28. The van der Waals surface area contributed by atoms with E-state index in [2.05, 4.69) is 64.7 Å². The van der Waals surface area contributed by atoms with E-state index in [0.717, 1.165) is 31.9 Å². The van der Waals surface area contributed by atoms with Crippen molar-refractivity contribution >= 4 is 0 Å². The molecule has 0 aromatic carbocycles. The molecule has 3 heteroatoms.